The van der Waals surface area contributed by atoms with Gasteiger partial charge in [-0.3, -0.25) is 14.4 Å². The number of aliphatic carboxylic acids is 1. The number of carboxylic acid groups (broad SMARTS) is 1. The molecule has 1 aliphatic carbocycles. The Hall–Kier alpha value is -3.16. The molecular weight excluding hydrogens is 350 g/mol. The van der Waals surface area contributed by atoms with Gasteiger partial charge in [0.2, 0.25) is 5.91 Å². The van der Waals surface area contributed by atoms with Crippen LogP contribution in [0.5, 0.6) is 0 Å². The second kappa shape index (κ2) is 8.48. The third kappa shape index (κ3) is 4.93. The third-order valence-electron chi connectivity index (χ3n) is 4.43. The first-order chi connectivity index (χ1) is 13.0. The maximum absolute atomic E-state index is 12.5. The summed E-state index contributed by atoms with van der Waals surface area (Å²) in [4.78, 5) is 34.6. The second-order valence-electron chi connectivity index (χ2n) is 6.49. The van der Waals surface area contributed by atoms with E-state index in [4.69, 9.17) is 9.63 Å². The fourth-order valence-corrected chi connectivity index (χ4v) is 3.06. The van der Waals surface area contributed by atoms with E-state index in [2.05, 4.69) is 15.8 Å². The highest BCUT2D eigenvalue weighted by Gasteiger charge is 2.23. The maximum atomic E-state index is 12.5. The highest BCUT2D eigenvalue weighted by molar-refractivity contribution is 6.04. The predicted molar refractivity (Wildman–Crippen MR) is 96.5 cm³/mol. The number of hydrogen-bond donors (Lipinski definition) is 3. The molecule has 1 aromatic carbocycles. The fraction of sp³-hybridized carbons (Fsp3) is 0.368. The Morgan fingerprint density at radius 2 is 1.81 bits per heavy atom. The first-order valence-corrected chi connectivity index (χ1v) is 8.89. The molecule has 1 aliphatic rings. The van der Waals surface area contributed by atoms with Gasteiger partial charge in [-0.15, -0.1) is 0 Å². The Labute approximate surface area is 155 Å². The van der Waals surface area contributed by atoms with E-state index in [1.54, 1.807) is 24.3 Å². The van der Waals surface area contributed by atoms with Gasteiger partial charge in [0.1, 0.15) is 12.3 Å². The zero-order valence-electron chi connectivity index (χ0n) is 14.8. The van der Waals surface area contributed by atoms with Gasteiger partial charge in [-0.2, -0.15) is 0 Å². The monoisotopic (exact) mass is 371 g/mol. The van der Waals surface area contributed by atoms with Crippen LogP contribution in [-0.4, -0.2) is 34.6 Å². The number of nitrogens with one attached hydrogen (secondary N) is 2. The quantitative estimate of drug-likeness (QED) is 0.667. The van der Waals surface area contributed by atoms with Crippen LogP contribution in [-0.2, 0) is 28.9 Å². The van der Waals surface area contributed by atoms with Crippen LogP contribution in [0.3, 0.4) is 0 Å². The molecule has 8 heteroatoms. The second-order valence-corrected chi connectivity index (χ2v) is 6.49. The Balaban J connectivity index is 1.60. The minimum absolute atomic E-state index is 0.0678. The van der Waals surface area contributed by atoms with Gasteiger partial charge in [0, 0.05) is 17.7 Å². The highest BCUT2D eigenvalue weighted by atomic mass is 16.5. The zero-order valence-corrected chi connectivity index (χ0v) is 14.8. The molecule has 1 heterocycles. The Morgan fingerprint density at radius 3 is 2.56 bits per heavy atom. The molecule has 0 bridgehead atoms. The SMILES string of the molecule is O=C(O)CNC(=O)Cc1ccc(NC(=O)c2noc3c2CCCCC3)cc1. The van der Waals surface area contributed by atoms with Crippen LogP contribution in [0.1, 0.15) is 46.6 Å². The molecule has 142 valence electrons. The minimum atomic E-state index is -1.09. The van der Waals surface area contributed by atoms with Crippen LogP contribution in [0.2, 0.25) is 0 Å². The molecule has 27 heavy (non-hydrogen) atoms. The van der Waals surface area contributed by atoms with Gasteiger partial charge in [0.25, 0.3) is 5.91 Å². The van der Waals surface area contributed by atoms with E-state index in [9.17, 15) is 14.4 Å². The molecule has 2 aromatic rings. The summed E-state index contributed by atoms with van der Waals surface area (Å²) in [6.45, 7) is -0.408. The normalized spacial score (nSPS) is 13.3. The summed E-state index contributed by atoms with van der Waals surface area (Å²) < 4.78 is 5.33. The summed E-state index contributed by atoms with van der Waals surface area (Å²) in [7, 11) is 0. The molecule has 0 unspecified atom stereocenters. The van der Waals surface area contributed by atoms with E-state index >= 15 is 0 Å². The predicted octanol–water partition coefficient (Wildman–Crippen LogP) is 1.94. The molecule has 1 aromatic heterocycles. The Morgan fingerprint density at radius 1 is 1.07 bits per heavy atom. The van der Waals surface area contributed by atoms with Crippen molar-refractivity contribution in [2.45, 2.75) is 38.5 Å². The van der Waals surface area contributed by atoms with E-state index in [-0.39, 0.29) is 18.2 Å². The summed E-state index contributed by atoms with van der Waals surface area (Å²) in [5.74, 6) is -0.971. The van der Waals surface area contributed by atoms with Crippen LogP contribution < -0.4 is 10.6 Å². The number of hydrogen-bond acceptors (Lipinski definition) is 5. The molecule has 0 saturated heterocycles. The van der Waals surface area contributed by atoms with Crippen molar-refractivity contribution >= 4 is 23.5 Å². The van der Waals surface area contributed by atoms with Crippen molar-refractivity contribution in [2.24, 2.45) is 0 Å². The number of fused-ring (bicyclic) bond motifs is 1. The molecule has 0 atom stereocenters. The minimum Gasteiger partial charge on any atom is -0.480 e. The average molecular weight is 371 g/mol. The Kier molecular flexibility index (Phi) is 5.85. The van der Waals surface area contributed by atoms with E-state index in [0.717, 1.165) is 43.4 Å². The molecule has 0 saturated carbocycles. The van der Waals surface area contributed by atoms with Crippen molar-refractivity contribution in [3.63, 3.8) is 0 Å². The number of nitrogens with zero attached hydrogens (tertiary/aromatic N) is 1. The number of anilines is 1. The van der Waals surface area contributed by atoms with Crippen LogP contribution in [0.4, 0.5) is 5.69 Å². The molecule has 2 amide bonds. The van der Waals surface area contributed by atoms with Gasteiger partial charge < -0.3 is 20.3 Å². The van der Waals surface area contributed by atoms with Gasteiger partial charge in [0.15, 0.2) is 5.69 Å². The van der Waals surface area contributed by atoms with Crippen LogP contribution in [0.15, 0.2) is 28.8 Å². The number of carbonyl (C=O) groups is 3. The molecule has 3 rings (SSSR count). The number of carboxylic acids is 1. The number of rotatable bonds is 6. The van der Waals surface area contributed by atoms with Crippen molar-refractivity contribution in [2.75, 3.05) is 11.9 Å². The molecule has 8 nitrogen and oxygen atoms in total. The maximum Gasteiger partial charge on any atom is 0.322 e. The lowest BCUT2D eigenvalue weighted by Crippen LogP contribution is -2.30. The summed E-state index contributed by atoms with van der Waals surface area (Å²) >= 11 is 0. The van der Waals surface area contributed by atoms with Crippen molar-refractivity contribution in [1.82, 2.24) is 10.5 Å². The summed E-state index contributed by atoms with van der Waals surface area (Å²) in [6.07, 6.45) is 4.86. The lowest BCUT2D eigenvalue weighted by Gasteiger charge is -2.06. The lowest BCUT2D eigenvalue weighted by atomic mass is 10.1. The number of amides is 2. The Bertz CT molecular complexity index is 842. The lowest BCUT2D eigenvalue weighted by molar-refractivity contribution is -0.137. The molecular formula is C19H21N3O5. The van der Waals surface area contributed by atoms with Crippen LogP contribution in [0.25, 0.3) is 0 Å². The van der Waals surface area contributed by atoms with E-state index < -0.39 is 12.5 Å². The smallest absolute Gasteiger partial charge is 0.322 e. The average Bonchev–Trinajstić information content (AvgIpc) is 2.90. The molecule has 0 spiro atoms. The van der Waals surface area contributed by atoms with Gasteiger partial charge in [0.05, 0.1) is 6.42 Å². The topological polar surface area (TPSA) is 122 Å². The highest BCUT2D eigenvalue weighted by Crippen LogP contribution is 2.24. The van der Waals surface area contributed by atoms with Crippen molar-refractivity contribution in [3.8, 4) is 0 Å². The van der Waals surface area contributed by atoms with Gasteiger partial charge in [-0.05, 0) is 37.0 Å². The van der Waals surface area contributed by atoms with Gasteiger partial charge >= 0.3 is 5.97 Å². The standard InChI is InChI=1S/C19H21N3O5/c23-16(20-11-17(24)25)10-12-6-8-13(9-7-12)21-19(26)18-14-4-2-1-3-5-15(14)27-22-18/h6-9H,1-5,10-11H2,(H,20,23)(H,21,26)(H,24,25). The van der Waals surface area contributed by atoms with Gasteiger partial charge in [-0.25, -0.2) is 0 Å². The molecule has 0 fully saturated rings. The third-order valence-corrected chi connectivity index (χ3v) is 4.43. The van der Waals surface area contributed by atoms with E-state index in [0.29, 0.717) is 16.9 Å². The number of aromatic nitrogens is 1. The van der Waals surface area contributed by atoms with Crippen molar-refractivity contribution in [1.29, 1.82) is 0 Å². The van der Waals surface area contributed by atoms with Crippen LogP contribution in [0, 0.1) is 0 Å². The molecule has 0 aliphatic heterocycles. The number of aryl methyl sites for hydroxylation is 1. The van der Waals surface area contributed by atoms with E-state index in [1.807, 2.05) is 0 Å². The van der Waals surface area contributed by atoms with Crippen LogP contribution >= 0.6 is 0 Å². The van der Waals surface area contributed by atoms with Gasteiger partial charge in [-0.1, -0.05) is 23.7 Å². The fourth-order valence-electron chi connectivity index (χ4n) is 3.06. The molecule has 0 radical (unpaired) electrons. The first-order valence-electron chi connectivity index (χ1n) is 8.89. The zero-order chi connectivity index (χ0) is 19.2. The molecule has 3 N–H and O–H groups in total. The number of benzene rings is 1. The summed E-state index contributed by atoms with van der Waals surface area (Å²) in [5.41, 5.74) is 2.53. The first kappa shape index (κ1) is 18.6. The van der Waals surface area contributed by atoms with Crippen molar-refractivity contribution in [3.05, 3.63) is 46.8 Å². The van der Waals surface area contributed by atoms with E-state index in [1.165, 1.54) is 0 Å². The summed E-state index contributed by atoms with van der Waals surface area (Å²) in [5, 5.41) is 17.6. The summed E-state index contributed by atoms with van der Waals surface area (Å²) in [6, 6.07) is 6.80. The number of carbonyl (C=O) groups excluding carboxylic acids is 2. The van der Waals surface area contributed by atoms with Crippen molar-refractivity contribution < 1.29 is 24.0 Å². The largest absolute Gasteiger partial charge is 0.480 e.